The Morgan fingerprint density at radius 3 is 2.81 bits per heavy atom. The first kappa shape index (κ1) is 12.1. The highest BCUT2D eigenvalue weighted by Crippen LogP contribution is 2.19. The van der Waals surface area contributed by atoms with Gasteiger partial charge in [0.2, 0.25) is 0 Å². The van der Waals surface area contributed by atoms with Crippen molar-refractivity contribution in [2.45, 2.75) is 57.9 Å². The summed E-state index contributed by atoms with van der Waals surface area (Å²) in [4.78, 5) is 4.65. The van der Waals surface area contributed by atoms with E-state index in [2.05, 4.69) is 29.5 Å². The molecule has 1 aliphatic carbocycles. The number of hydrogen-bond acceptors (Lipinski definition) is 3. The molecule has 1 aromatic rings. The van der Waals surface area contributed by atoms with Crippen molar-refractivity contribution in [3.63, 3.8) is 0 Å². The maximum Gasteiger partial charge on any atom is 0.0941 e. The van der Waals surface area contributed by atoms with Gasteiger partial charge in [-0.05, 0) is 18.8 Å². The van der Waals surface area contributed by atoms with E-state index in [1.165, 1.54) is 36.4 Å². The van der Waals surface area contributed by atoms with Crippen molar-refractivity contribution in [1.82, 2.24) is 10.3 Å². The maximum absolute atomic E-state index is 4.65. The van der Waals surface area contributed by atoms with E-state index in [1.807, 2.05) is 11.3 Å². The van der Waals surface area contributed by atoms with Crippen molar-refractivity contribution < 1.29 is 0 Å². The molecule has 1 fully saturated rings. The summed E-state index contributed by atoms with van der Waals surface area (Å²) < 4.78 is 0. The molecule has 0 aromatic carbocycles. The molecule has 0 radical (unpaired) electrons. The third-order valence-electron chi connectivity index (χ3n) is 3.29. The van der Waals surface area contributed by atoms with Gasteiger partial charge >= 0.3 is 0 Å². The summed E-state index contributed by atoms with van der Waals surface area (Å²) in [5, 5.41) is 7.13. The van der Waals surface area contributed by atoms with Crippen LogP contribution in [0.2, 0.25) is 0 Å². The van der Waals surface area contributed by atoms with Crippen molar-refractivity contribution in [3.8, 4) is 0 Å². The van der Waals surface area contributed by atoms with E-state index in [9.17, 15) is 0 Å². The number of nitrogens with zero attached hydrogens (tertiary/aromatic N) is 1. The van der Waals surface area contributed by atoms with E-state index in [0.29, 0.717) is 5.92 Å². The van der Waals surface area contributed by atoms with Gasteiger partial charge in [0.15, 0.2) is 0 Å². The highest BCUT2D eigenvalue weighted by Gasteiger charge is 2.13. The SMILES string of the molecule is CC(C)c1csc(CCNC2CCCC2)n1. The average Bonchev–Trinajstić information content (AvgIpc) is 2.87. The summed E-state index contributed by atoms with van der Waals surface area (Å²) in [6, 6.07) is 0.782. The minimum Gasteiger partial charge on any atom is -0.314 e. The van der Waals surface area contributed by atoms with Gasteiger partial charge in [0.05, 0.1) is 10.7 Å². The van der Waals surface area contributed by atoms with Gasteiger partial charge in [0.1, 0.15) is 0 Å². The van der Waals surface area contributed by atoms with Crippen LogP contribution in [0.1, 0.15) is 56.2 Å². The van der Waals surface area contributed by atoms with E-state index in [4.69, 9.17) is 0 Å². The second kappa shape index (κ2) is 5.78. The number of thiazole rings is 1. The standard InChI is InChI=1S/C13H22N2S/c1-10(2)12-9-16-13(15-12)7-8-14-11-5-3-4-6-11/h9-11,14H,3-8H2,1-2H3. The molecule has 1 saturated carbocycles. The summed E-state index contributed by atoms with van der Waals surface area (Å²) in [6.45, 7) is 5.50. The first-order valence-corrected chi connectivity index (χ1v) is 7.31. The molecule has 0 aliphatic heterocycles. The molecule has 1 aromatic heterocycles. The van der Waals surface area contributed by atoms with Crippen LogP contribution in [-0.4, -0.2) is 17.6 Å². The number of rotatable bonds is 5. The zero-order valence-corrected chi connectivity index (χ0v) is 11.1. The van der Waals surface area contributed by atoms with Gasteiger partial charge in [-0.2, -0.15) is 0 Å². The number of aromatic nitrogens is 1. The van der Waals surface area contributed by atoms with E-state index >= 15 is 0 Å². The fraction of sp³-hybridized carbons (Fsp3) is 0.769. The van der Waals surface area contributed by atoms with Gasteiger partial charge in [-0.25, -0.2) is 4.98 Å². The van der Waals surface area contributed by atoms with Crippen LogP contribution in [0.3, 0.4) is 0 Å². The third-order valence-corrected chi connectivity index (χ3v) is 4.21. The molecular formula is C13H22N2S. The van der Waals surface area contributed by atoms with E-state index in [1.54, 1.807) is 0 Å². The molecule has 16 heavy (non-hydrogen) atoms. The normalized spacial score (nSPS) is 17.4. The zero-order chi connectivity index (χ0) is 11.4. The Bertz CT molecular complexity index is 313. The van der Waals surface area contributed by atoms with E-state index in [-0.39, 0.29) is 0 Å². The lowest BCUT2D eigenvalue weighted by atomic mass is 10.2. The summed E-state index contributed by atoms with van der Waals surface area (Å²) in [5.74, 6) is 0.563. The van der Waals surface area contributed by atoms with Crippen molar-refractivity contribution in [2.75, 3.05) is 6.54 Å². The molecule has 2 nitrogen and oxygen atoms in total. The van der Waals surface area contributed by atoms with Crippen LogP contribution in [0, 0.1) is 0 Å². The van der Waals surface area contributed by atoms with Crippen LogP contribution < -0.4 is 5.32 Å². The topological polar surface area (TPSA) is 24.9 Å². The van der Waals surface area contributed by atoms with E-state index in [0.717, 1.165) is 19.0 Å². The Morgan fingerprint density at radius 1 is 1.44 bits per heavy atom. The van der Waals surface area contributed by atoms with Crippen molar-refractivity contribution >= 4 is 11.3 Å². The average molecular weight is 238 g/mol. The molecule has 1 aliphatic rings. The maximum atomic E-state index is 4.65. The smallest absolute Gasteiger partial charge is 0.0941 e. The van der Waals surface area contributed by atoms with Gasteiger partial charge in [-0.3, -0.25) is 0 Å². The number of hydrogen-bond donors (Lipinski definition) is 1. The lowest BCUT2D eigenvalue weighted by Gasteiger charge is -2.10. The molecule has 3 heteroatoms. The van der Waals surface area contributed by atoms with Crippen LogP contribution in [0.15, 0.2) is 5.38 Å². The van der Waals surface area contributed by atoms with Crippen LogP contribution in [0.25, 0.3) is 0 Å². The van der Waals surface area contributed by atoms with Crippen LogP contribution in [-0.2, 0) is 6.42 Å². The first-order valence-electron chi connectivity index (χ1n) is 6.43. The summed E-state index contributed by atoms with van der Waals surface area (Å²) in [6.07, 6.45) is 6.65. The summed E-state index contributed by atoms with van der Waals surface area (Å²) in [7, 11) is 0. The van der Waals surface area contributed by atoms with Crippen molar-refractivity contribution in [2.24, 2.45) is 0 Å². The molecule has 0 spiro atoms. The molecule has 0 saturated heterocycles. The molecule has 0 atom stereocenters. The second-order valence-corrected chi connectivity index (χ2v) is 5.95. The Hall–Kier alpha value is -0.410. The van der Waals surface area contributed by atoms with Crippen LogP contribution in [0.4, 0.5) is 0 Å². The van der Waals surface area contributed by atoms with Gasteiger partial charge in [-0.1, -0.05) is 26.7 Å². The lowest BCUT2D eigenvalue weighted by Crippen LogP contribution is -2.27. The third kappa shape index (κ3) is 3.29. The highest BCUT2D eigenvalue weighted by molar-refractivity contribution is 7.09. The number of nitrogens with one attached hydrogen (secondary N) is 1. The Balaban J connectivity index is 1.72. The molecule has 1 heterocycles. The first-order chi connectivity index (χ1) is 7.75. The van der Waals surface area contributed by atoms with Gasteiger partial charge in [-0.15, -0.1) is 11.3 Å². The minimum absolute atomic E-state index is 0.563. The van der Waals surface area contributed by atoms with Crippen LogP contribution >= 0.6 is 11.3 Å². The van der Waals surface area contributed by atoms with Crippen molar-refractivity contribution in [3.05, 3.63) is 16.1 Å². The summed E-state index contributed by atoms with van der Waals surface area (Å²) >= 11 is 1.81. The second-order valence-electron chi connectivity index (χ2n) is 5.01. The summed E-state index contributed by atoms with van der Waals surface area (Å²) in [5.41, 5.74) is 1.25. The van der Waals surface area contributed by atoms with Gasteiger partial charge < -0.3 is 5.32 Å². The Morgan fingerprint density at radius 2 is 2.19 bits per heavy atom. The largest absolute Gasteiger partial charge is 0.314 e. The van der Waals surface area contributed by atoms with Gasteiger partial charge in [0.25, 0.3) is 0 Å². The lowest BCUT2D eigenvalue weighted by molar-refractivity contribution is 0.527. The molecule has 0 bridgehead atoms. The molecular weight excluding hydrogens is 216 g/mol. The molecule has 0 unspecified atom stereocenters. The minimum atomic E-state index is 0.563. The van der Waals surface area contributed by atoms with E-state index < -0.39 is 0 Å². The predicted octanol–water partition coefficient (Wildman–Crippen LogP) is 3.34. The molecule has 90 valence electrons. The molecule has 1 N–H and O–H groups in total. The fourth-order valence-corrected chi connectivity index (χ4v) is 3.18. The Labute approximate surface area is 102 Å². The van der Waals surface area contributed by atoms with Gasteiger partial charge in [0, 0.05) is 24.4 Å². The van der Waals surface area contributed by atoms with Crippen molar-refractivity contribution in [1.29, 1.82) is 0 Å². The monoisotopic (exact) mass is 238 g/mol. The Kier molecular flexibility index (Phi) is 4.36. The fourth-order valence-electron chi connectivity index (χ4n) is 2.22. The quantitative estimate of drug-likeness (QED) is 0.851. The van der Waals surface area contributed by atoms with Crippen LogP contribution in [0.5, 0.6) is 0 Å². The predicted molar refractivity (Wildman–Crippen MR) is 70.2 cm³/mol. The molecule has 2 rings (SSSR count). The molecule has 0 amide bonds. The zero-order valence-electron chi connectivity index (χ0n) is 10.3. The highest BCUT2D eigenvalue weighted by atomic mass is 32.1.